The molecule has 1 aromatic carbocycles. The van der Waals surface area contributed by atoms with Crippen molar-refractivity contribution in [2.75, 3.05) is 11.4 Å². The van der Waals surface area contributed by atoms with E-state index in [0.29, 0.717) is 12.1 Å². The van der Waals surface area contributed by atoms with Crippen LogP contribution in [0.5, 0.6) is 0 Å². The lowest BCUT2D eigenvalue weighted by atomic mass is 10.1. The number of primary amides is 1. The van der Waals surface area contributed by atoms with Crippen LogP contribution in [0.1, 0.15) is 25.3 Å². The zero-order valence-electron chi connectivity index (χ0n) is 11.8. The molecule has 0 aromatic heterocycles. The summed E-state index contributed by atoms with van der Waals surface area (Å²) in [5.41, 5.74) is 6.65. The molecule has 0 saturated heterocycles. The van der Waals surface area contributed by atoms with Crippen LogP contribution in [0.4, 0.5) is 10.5 Å². The monoisotopic (exact) mass is 287 g/mol. The van der Waals surface area contributed by atoms with Gasteiger partial charge in [-0.1, -0.05) is 31.5 Å². The Bertz CT molecular complexity index is 622. The predicted octanol–water partition coefficient (Wildman–Crippen LogP) is 1.41. The van der Waals surface area contributed by atoms with E-state index in [9.17, 15) is 14.4 Å². The maximum absolute atomic E-state index is 12.5. The molecule has 2 rings (SSSR count). The molecule has 1 aromatic rings. The lowest BCUT2D eigenvalue weighted by Crippen LogP contribution is -2.34. The Hall–Kier alpha value is -2.63. The van der Waals surface area contributed by atoms with Crippen molar-refractivity contribution in [3.63, 3.8) is 0 Å². The molecule has 6 heteroatoms. The molecule has 1 aliphatic rings. The number of carbonyl (C=O) groups is 3. The van der Waals surface area contributed by atoms with Crippen molar-refractivity contribution in [2.45, 2.75) is 19.8 Å². The Balaban J connectivity index is 2.35. The van der Waals surface area contributed by atoms with Gasteiger partial charge in [0.05, 0.1) is 11.3 Å². The minimum Gasteiger partial charge on any atom is -0.351 e. The van der Waals surface area contributed by atoms with E-state index in [4.69, 9.17) is 5.73 Å². The molecule has 0 radical (unpaired) electrons. The highest BCUT2D eigenvalue weighted by molar-refractivity contribution is 6.35. The number of unbranched alkanes of at least 4 members (excludes halogenated alkanes) is 1. The number of imide groups is 1. The fourth-order valence-electron chi connectivity index (χ4n) is 2.27. The summed E-state index contributed by atoms with van der Waals surface area (Å²) in [6.45, 7) is 2.64. The number of nitrogens with zero attached hydrogens (tertiary/aromatic N) is 1. The lowest BCUT2D eigenvalue weighted by molar-refractivity contribution is -0.116. The molecule has 0 unspecified atom stereocenters. The summed E-state index contributed by atoms with van der Waals surface area (Å²) in [5, 5.41) is 1.93. The zero-order valence-corrected chi connectivity index (χ0v) is 11.8. The Labute approximate surface area is 122 Å². The van der Waals surface area contributed by atoms with Crippen molar-refractivity contribution in [2.24, 2.45) is 5.73 Å². The zero-order chi connectivity index (χ0) is 15.4. The number of hydrogen-bond donors (Lipinski definition) is 2. The topological polar surface area (TPSA) is 92.5 Å². The SMILES string of the molecule is CCCCN1C(=O)C(=CC(=O)NC(N)=O)c2ccccc21. The number of urea groups is 1. The van der Waals surface area contributed by atoms with Crippen LogP contribution in [0, 0.1) is 0 Å². The van der Waals surface area contributed by atoms with Gasteiger partial charge in [0.15, 0.2) is 0 Å². The number of amides is 4. The van der Waals surface area contributed by atoms with Crippen LogP contribution >= 0.6 is 0 Å². The normalized spacial score (nSPS) is 15.2. The van der Waals surface area contributed by atoms with Crippen molar-refractivity contribution < 1.29 is 14.4 Å². The van der Waals surface area contributed by atoms with Crippen LogP contribution in [0.2, 0.25) is 0 Å². The number of anilines is 1. The lowest BCUT2D eigenvalue weighted by Gasteiger charge is -2.16. The highest BCUT2D eigenvalue weighted by Crippen LogP contribution is 2.36. The van der Waals surface area contributed by atoms with Gasteiger partial charge in [0.1, 0.15) is 0 Å². The van der Waals surface area contributed by atoms with Gasteiger partial charge in [0.2, 0.25) is 0 Å². The van der Waals surface area contributed by atoms with Crippen LogP contribution in [0.15, 0.2) is 30.3 Å². The van der Waals surface area contributed by atoms with E-state index >= 15 is 0 Å². The van der Waals surface area contributed by atoms with Gasteiger partial charge >= 0.3 is 6.03 Å². The van der Waals surface area contributed by atoms with Gasteiger partial charge in [-0.25, -0.2) is 4.79 Å². The molecule has 0 fully saturated rings. The summed E-state index contributed by atoms with van der Waals surface area (Å²) in [6, 6.07) is 6.32. The number of benzene rings is 1. The first-order valence-corrected chi connectivity index (χ1v) is 6.78. The number of rotatable bonds is 4. The maximum atomic E-state index is 12.5. The third-order valence-electron chi connectivity index (χ3n) is 3.22. The summed E-state index contributed by atoms with van der Waals surface area (Å²) in [6.07, 6.45) is 2.96. The Kier molecular flexibility index (Phi) is 4.37. The first-order chi connectivity index (χ1) is 10.0. The Morgan fingerprint density at radius 2 is 2.05 bits per heavy atom. The third kappa shape index (κ3) is 3.10. The van der Waals surface area contributed by atoms with Gasteiger partial charge in [-0.3, -0.25) is 14.9 Å². The molecule has 110 valence electrons. The molecular formula is C15H17N3O3. The molecule has 0 aliphatic carbocycles. The minimum atomic E-state index is -0.946. The molecule has 0 atom stereocenters. The van der Waals surface area contributed by atoms with Gasteiger partial charge in [-0.05, 0) is 12.5 Å². The van der Waals surface area contributed by atoms with Crippen molar-refractivity contribution >= 4 is 29.1 Å². The van der Waals surface area contributed by atoms with Gasteiger partial charge in [0.25, 0.3) is 11.8 Å². The van der Waals surface area contributed by atoms with E-state index in [1.807, 2.05) is 24.4 Å². The standard InChI is InChI=1S/C15H17N3O3/c1-2-3-8-18-12-7-5-4-6-10(12)11(14(18)20)9-13(19)17-15(16)21/h4-7,9H,2-3,8H2,1H3,(H3,16,17,19,21). The molecule has 3 N–H and O–H groups in total. The van der Waals surface area contributed by atoms with E-state index < -0.39 is 11.9 Å². The predicted molar refractivity (Wildman–Crippen MR) is 79.4 cm³/mol. The summed E-state index contributed by atoms with van der Waals surface area (Å²) in [4.78, 5) is 36.4. The van der Waals surface area contributed by atoms with Crippen molar-refractivity contribution in [3.05, 3.63) is 35.9 Å². The van der Waals surface area contributed by atoms with E-state index in [2.05, 4.69) is 0 Å². The molecule has 0 saturated carbocycles. The fourth-order valence-corrected chi connectivity index (χ4v) is 2.27. The second kappa shape index (κ2) is 6.21. The number of hydrogen-bond acceptors (Lipinski definition) is 3. The van der Waals surface area contributed by atoms with Crippen LogP contribution in [-0.2, 0) is 9.59 Å². The van der Waals surface area contributed by atoms with E-state index in [0.717, 1.165) is 24.6 Å². The average molecular weight is 287 g/mol. The quantitative estimate of drug-likeness (QED) is 0.820. The van der Waals surface area contributed by atoms with Crippen LogP contribution in [0.25, 0.3) is 5.57 Å². The molecule has 6 nitrogen and oxygen atoms in total. The fraction of sp³-hybridized carbons (Fsp3) is 0.267. The highest BCUT2D eigenvalue weighted by atomic mass is 16.2. The van der Waals surface area contributed by atoms with Gasteiger partial charge < -0.3 is 10.6 Å². The first kappa shape index (κ1) is 14.8. The van der Waals surface area contributed by atoms with Crippen LogP contribution in [-0.4, -0.2) is 24.4 Å². The number of carbonyl (C=O) groups excluding carboxylic acids is 3. The average Bonchev–Trinajstić information content (AvgIpc) is 2.69. The van der Waals surface area contributed by atoms with Gasteiger partial charge in [-0.2, -0.15) is 0 Å². The third-order valence-corrected chi connectivity index (χ3v) is 3.22. The smallest absolute Gasteiger partial charge is 0.319 e. The largest absolute Gasteiger partial charge is 0.351 e. The van der Waals surface area contributed by atoms with Crippen LogP contribution < -0.4 is 16.0 Å². The van der Waals surface area contributed by atoms with Crippen molar-refractivity contribution in [3.8, 4) is 0 Å². The number of nitrogens with one attached hydrogen (secondary N) is 1. The highest BCUT2D eigenvalue weighted by Gasteiger charge is 2.32. The molecule has 4 amide bonds. The van der Waals surface area contributed by atoms with Crippen molar-refractivity contribution in [1.82, 2.24) is 5.32 Å². The second-order valence-electron chi connectivity index (χ2n) is 4.74. The number of fused-ring (bicyclic) bond motifs is 1. The first-order valence-electron chi connectivity index (χ1n) is 6.78. The van der Waals surface area contributed by atoms with Gasteiger partial charge in [-0.15, -0.1) is 0 Å². The maximum Gasteiger partial charge on any atom is 0.319 e. The molecular weight excluding hydrogens is 270 g/mol. The molecule has 0 spiro atoms. The summed E-state index contributed by atoms with van der Waals surface area (Å²) in [7, 11) is 0. The summed E-state index contributed by atoms with van der Waals surface area (Å²) in [5.74, 6) is -0.928. The summed E-state index contributed by atoms with van der Waals surface area (Å²) >= 11 is 0. The Morgan fingerprint density at radius 3 is 2.71 bits per heavy atom. The molecule has 1 aliphatic heterocycles. The van der Waals surface area contributed by atoms with Crippen molar-refractivity contribution in [1.29, 1.82) is 0 Å². The number of nitrogens with two attached hydrogens (primary N) is 1. The van der Waals surface area contributed by atoms with E-state index in [1.165, 1.54) is 0 Å². The molecule has 0 bridgehead atoms. The van der Waals surface area contributed by atoms with E-state index in [-0.39, 0.29) is 11.5 Å². The molecule has 21 heavy (non-hydrogen) atoms. The Morgan fingerprint density at radius 1 is 1.33 bits per heavy atom. The number of para-hydroxylation sites is 1. The minimum absolute atomic E-state index is 0.232. The molecule has 1 heterocycles. The van der Waals surface area contributed by atoms with Crippen LogP contribution in [0.3, 0.4) is 0 Å². The van der Waals surface area contributed by atoms with Gasteiger partial charge in [0, 0.05) is 18.2 Å². The van der Waals surface area contributed by atoms with E-state index in [1.54, 1.807) is 17.0 Å². The summed E-state index contributed by atoms with van der Waals surface area (Å²) < 4.78 is 0. The second-order valence-corrected chi connectivity index (χ2v) is 4.74.